The molecular formula is C20H16ClN5O3. The molecule has 29 heavy (non-hydrogen) atoms. The molecule has 1 atom stereocenters. The Labute approximate surface area is 171 Å². The van der Waals surface area contributed by atoms with Crippen LogP contribution in [0, 0.1) is 18.3 Å². The van der Waals surface area contributed by atoms with Crippen LogP contribution in [0.4, 0.5) is 5.69 Å². The maximum atomic E-state index is 12.5. The monoisotopic (exact) mass is 409 g/mol. The van der Waals surface area contributed by atoms with E-state index in [1.807, 2.05) is 6.07 Å². The Balaban J connectivity index is 1.69. The zero-order valence-electron chi connectivity index (χ0n) is 15.6. The number of rotatable bonds is 5. The zero-order chi connectivity index (χ0) is 21.0. The second-order valence-electron chi connectivity index (χ2n) is 6.13. The molecular weight excluding hydrogens is 394 g/mol. The summed E-state index contributed by atoms with van der Waals surface area (Å²) < 4.78 is 5.22. The Morgan fingerprint density at radius 1 is 1.21 bits per heavy atom. The smallest absolute Gasteiger partial charge is 0.361 e. The number of ether oxygens (including phenoxy) is 1. The Hall–Kier alpha value is -3.70. The van der Waals surface area contributed by atoms with Crippen molar-refractivity contribution in [2.24, 2.45) is 0 Å². The molecule has 3 aromatic rings. The molecule has 3 rings (SSSR count). The second kappa shape index (κ2) is 8.54. The number of benzene rings is 2. The Morgan fingerprint density at radius 3 is 2.69 bits per heavy atom. The van der Waals surface area contributed by atoms with Crippen molar-refractivity contribution in [1.29, 1.82) is 5.26 Å². The number of carbonyl (C=O) groups is 2. The molecule has 0 aliphatic carbocycles. The summed E-state index contributed by atoms with van der Waals surface area (Å²) in [7, 11) is 0. The molecule has 2 aromatic carbocycles. The van der Waals surface area contributed by atoms with Gasteiger partial charge in [-0.25, -0.2) is 4.79 Å². The lowest BCUT2D eigenvalue weighted by Crippen LogP contribution is -2.30. The van der Waals surface area contributed by atoms with E-state index in [2.05, 4.69) is 15.5 Å². The zero-order valence-corrected chi connectivity index (χ0v) is 16.3. The van der Waals surface area contributed by atoms with Crippen molar-refractivity contribution in [2.75, 3.05) is 5.32 Å². The minimum Gasteiger partial charge on any atom is -0.448 e. The maximum Gasteiger partial charge on any atom is 0.361 e. The lowest BCUT2D eigenvalue weighted by Gasteiger charge is -2.13. The summed E-state index contributed by atoms with van der Waals surface area (Å²) in [5.41, 5.74) is 1.77. The van der Waals surface area contributed by atoms with Gasteiger partial charge in [-0.15, -0.1) is 5.10 Å². The van der Waals surface area contributed by atoms with Crippen LogP contribution in [0.15, 0.2) is 48.5 Å². The summed E-state index contributed by atoms with van der Waals surface area (Å²) >= 11 is 5.97. The van der Waals surface area contributed by atoms with Gasteiger partial charge in [0, 0.05) is 10.7 Å². The molecule has 0 spiro atoms. The highest BCUT2D eigenvalue weighted by atomic mass is 35.5. The highest BCUT2D eigenvalue weighted by Gasteiger charge is 2.23. The largest absolute Gasteiger partial charge is 0.448 e. The predicted octanol–water partition coefficient (Wildman–Crippen LogP) is 3.28. The lowest BCUT2D eigenvalue weighted by molar-refractivity contribution is -0.123. The third-order valence-corrected chi connectivity index (χ3v) is 4.16. The van der Waals surface area contributed by atoms with E-state index in [9.17, 15) is 9.59 Å². The van der Waals surface area contributed by atoms with Gasteiger partial charge in [-0.1, -0.05) is 23.7 Å². The van der Waals surface area contributed by atoms with Crippen LogP contribution in [-0.2, 0) is 9.53 Å². The molecule has 1 amide bonds. The van der Waals surface area contributed by atoms with E-state index >= 15 is 0 Å². The number of esters is 1. The molecule has 0 aliphatic heterocycles. The van der Waals surface area contributed by atoms with Gasteiger partial charge >= 0.3 is 5.97 Å². The first-order valence-electron chi connectivity index (χ1n) is 8.59. The number of nitriles is 1. The van der Waals surface area contributed by atoms with Crippen LogP contribution >= 0.6 is 11.6 Å². The van der Waals surface area contributed by atoms with Gasteiger partial charge in [-0.3, -0.25) is 4.79 Å². The molecule has 0 fully saturated rings. The van der Waals surface area contributed by atoms with Gasteiger partial charge in [-0.05, 0) is 50.2 Å². The number of halogens is 1. The number of amides is 1. The molecule has 0 aliphatic rings. The SMILES string of the molecule is Cc1nn(-c2cccc(Cl)c2)nc1C(=O)O[C@@H](C)C(=O)Nc1cccc(C#N)c1. The molecule has 0 saturated carbocycles. The van der Waals surface area contributed by atoms with Gasteiger partial charge < -0.3 is 10.1 Å². The first kappa shape index (κ1) is 20.0. The second-order valence-corrected chi connectivity index (χ2v) is 6.57. The normalized spacial score (nSPS) is 11.4. The molecule has 1 aromatic heterocycles. The number of nitrogens with one attached hydrogen (secondary N) is 1. The highest BCUT2D eigenvalue weighted by molar-refractivity contribution is 6.30. The minimum atomic E-state index is -1.08. The summed E-state index contributed by atoms with van der Waals surface area (Å²) in [6.45, 7) is 3.06. The third kappa shape index (κ3) is 4.78. The van der Waals surface area contributed by atoms with E-state index in [0.29, 0.717) is 27.7 Å². The van der Waals surface area contributed by atoms with Crippen molar-refractivity contribution >= 4 is 29.2 Å². The Bertz CT molecular complexity index is 1120. The molecule has 0 bridgehead atoms. The van der Waals surface area contributed by atoms with Crippen molar-refractivity contribution in [3.8, 4) is 11.8 Å². The average Bonchev–Trinajstić information content (AvgIpc) is 3.10. The van der Waals surface area contributed by atoms with E-state index in [-0.39, 0.29) is 5.69 Å². The van der Waals surface area contributed by atoms with Crippen LogP contribution in [0.1, 0.15) is 28.7 Å². The van der Waals surface area contributed by atoms with Crippen molar-refractivity contribution in [2.45, 2.75) is 20.0 Å². The summed E-state index contributed by atoms with van der Waals surface area (Å²) in [6.07, 6.45) is -1.08. The van der Waals surface area contributed by atoms with Crippen molar-refractivity contribution in [3.63, 3.8) is 0 Å². The number of hydrogen-bond donors (Lipinski definition) is 1. The predicted molar refractivity (Wildman–Crippen MR) is 106 cm³/mol. The number of carbonyl (C=O) groups excluding carboxylic acids is 2. The first-order chi connectivity index (χ1) is 13.9. The number of nitrogens with zero attached hydrogens (tertiary/aromatic N) is 4. The molecule has 8 nitrogen and oxygen atoms in total. The lowest BCUT2D eigenvalue weighted by atomic mass is 10.2. The minimum absolute atomic E-state index is 0.00361. The van der Waals surface area contributed by atoms with Gasteiger partial charge in [0.15, 0.2) is 11.8 Å². The van der Waals surface area contributed by atoms with Crippen LogP contribution in [0.5, 0.6) is 0 Å². The highest BCUT2D eigenvalue weighted by Crippen LogP contribution is 2.16. The van der Waals surface area contributed by atoms with Crippen LogP contribution < -0.4 is 5.32 Å². The van der Waals surface area contributed by atoms with E-state index in [0.717, 1.165) is 0 Å². The van der Waals surface area contributed by atoms with Crippen LogP contribution in [0.3, 0.4) is 0 Å². The molecule has 0 radical (unpaired) electrons. The summed E-state index contributed by atoms with van der Waals surface area (Å²) in [6, 6.07) is 15.2. The standard InChI is InChI=1S/C20H16ClN5O3/c1-12-18(25-26(24-12)17-8-4-6-15(21)10-17)20(28)29-13(2)19(27)23-16-7-3-5-14(9-16)11-22/h3-10,13H,1-2H3,(H,23,27)/t13-/m0/s1. The van der Waals surface area contributed by atoms with Crippen molar-refractivity contribution < 1.29 is 14.3 Å². The van der Waals surface area contributed by atoms with E-state index < -0.39 is 18.0 Å². The maximum absolute atomic E-state index is 12.5. The fraction of sp³-hybridized carbons (Fsp3) is 0.150. The number of hydrogen-bond acceptors (Lipinski definition) is 6. The molecule has 1 heterocycles. The quantitative estimate of drug-likeness (QED) is 0.647. The molecule has 0 saturated heterocycles. The fourth-order valence-electron chi connectivity index (χ4n) is 2.46. The summed E-state index contributed by atoms with van der Waals surface area (Å²) in [4.78, 5) is 26.0. The van der Waals surface area contributed by atoms with Crippen LogP contribution in [0.2, 0.25) is 5.02 Å². The molecule has 146 valence electrons. The summed E-state index contributed by atoms with van der Waals surface area (Å²) in [5.74, 6) is -1.31. The van der Waals surface area contributed by atoms with Gasteiger partial charge in [0.25, 0.3) is 5.91 Å². The number of aryl methyl sites for hydroxylation is 1. The fourth-order valence-corrected chi connectivity index (χ4v) is 2.65. The number of aromatic nitrogens is 3. The molecule has 9 heteroatoms. The molecule has 0 unspecified atom stereocenters. The first-order valence-corrected chi connectivity index (χ1v) is 8.97. The van der Waals surface area contributed by atoms with Crippen LogP contribution in [0.25, 0.3) is 5.69 Å². The number of anilines is 1. The average molecular weight is 410 g/mol. The molecule has 1 N–H and O–H groups in total. The van der Waals surface area contributed by atoms with E-state index in [1.54, 1.807) is 49.4 Å². The van der Waals surface area contributed by atoms with E-state index in [1.165, 1.54) is 17.8 Å². The van der Waals surface area contributed by atoms with Gasteiger partial charge in [0.05, 0.1) is 23.0 Å². The van der Waals surface area contributed by atoms with Gasteiger partial charge in [0.1, 0.15) is 0 Å². The third-order valence-electron chi connectivity index (χ3n) is 3.93. The Morgan fingerprint density at radius 2 is 1.97 bits per heavy atom. The topological polar surface area (TPSA) is 110 Å². The van der Waals surface area contributed by atoms with Crippen LogP contribution in [-0.4, -0.2) is 33.0 Å². The van der Waals surface area contributed by atoms with Gasteiger partial charge in [0.2, 0.25) is 0 Å². The van der Waals surface area contributed by atoms with Gasteiger partial charge in [-0.2, -0.15) is 15.2 Å². The van der Waals surface area contributed by atoms with E-state index in [4.69, 9.17) is 21.6 Å². The van der Waals surface area contributed by atoms with Crippen molar-refractivity contribution in [1.82, 2.24) is 15.0 Å². The Kier molecular flexibility index (Phi) is 5.90. The summed E-state index contributed by atoms with van der Waals surface area (Å²) in [5, 5.41) is 20.4. The van der Waals surface area contributed by atoms with Crippen molar-refractivity contribution in [3.05, 3.63) is 70.5 Å².